The Bertz CT molecular complexity index is 330. The molecule has 1 aromatic carbocycles. The number of nitrogens with two attached hydrogens (primary N) is 2. The van der Waals surface area contributed by atoms with Crippen LogP contribution in [0.15, 0.2) is 24.3 Å². The van der Waals surface area contributed by atoms with E-state index in [-0.39, 0.29) is 6.54 Å². The molecule has 5 heteroatoms. The largest absolute Gasteiger partial charge is 0.440 e. The van der Waals surface area contributed by atoms with Crippen molar-refractivity contribution in [1.82, 2.24) is 0 Å². The molecule has 0 fully saturated rings. The number of carbonyl (C=O) groups excluding carboxylic acids is 1. The first-order valence-electron chi connectivity index (χ1n) is 4.05. The molecule has 1 rings (SSSR count). The van der Waals surface area contributed by atoms with Gasteiger partial charge in [-0.1, -0.05) is 29.8 Å². The van der Waals surface area contributed by atoms with Crippen molar-refractivity contribution in [1.29, 1.82) is 0 Å². The summed E-state index contributed by atoms with van der Waals surface area (Å²) in [6.45, 7) is 0.146. The molecule has 0 saturated carbocycles. The number of amides is 1. The van der Waals surface area contributed by atoms with Gasteiger partial charge in [0.05, 0.1) is 0 Å². The summed E-state index contributed by atoms with van der Waals surface area (Å²) >= 11 is 5.89. The Hall–Kier alpha value is -1.26. The number of halogens is 1. The van der Waals surface area contributed by atoms with Crippen molar-refractivity contribution in [3.8, 4) is 0 Å². The Balaban J connectivity index is 2.89. The molecule has 0 saturated heterocycles. The minimum Gasteiger partial charge on any atom is -0.440 e. The molecule has 0 bridgehead atoms. The van der Waals surface area contributed by atoms with Crippen molar-refractivity contribution in [2.24, 2.45) is 11.5 Å². The van der Waals surface area contributed by atoms with Gasteiger partial charge in [0.1, 0.15) is 6.10 Å². The summed E-state index contributed by atoms with van der Waals surface area (Å²) < 4.78 is 4.80. The SMILES string of the molecule is NC[C@H](OC(N)=O)c1ccccc1Cl. The predicted molar refractivity (Wildman–Crippen MR) is 53.9 cm³/mol. The Morgan fingerprint density at radius 3 is 2.64 bits per heavy atom. The molecule has 4 nitrogen and oxygen atoms in total. The van der Waals surface area contributed by atoms with Gasteiger partial charge in [-0.2, -0.15) is 0 Å². The van der Waals surface area contributed by atoms with Gasteiger partial charge in [0, 0.05) is 17.1 Å². The summed E-state index contributed by atoms with van der Waals surface area (Å²) in [5.74, 6) is 0. The third kappa shape index (κ3) is 2.61. The minimum atomic E-state index is -0.861. The molecule has 14 heavy (non-hydrogen) atoms. The van der Waals surface area contributed by atoms with E-state index in [1.165, 1.54) is 0 Å². The molecular formula is C9H11ClN2O2. The maximum atomic E-state index is 10.6. The maximum Gasteiger partial charge on any atom is 0.405 e. The van der Waals surface area contributed by atoms with Gasteiger partial charge in [0.25, 0.3) is 0 Å². The van der Waals surface area contributed by atoms with E-state index in [1.807, 2.05) is 0 Å². The molecule has 1 aromatic rings. The van der Waals surface area contributed by atoms with Crippen molar-refractivity contribution < 1.29 is 9.53 Å². The first-order valence-corrected chi connectivity index (χ1v) is 4.43. The molecule has 0 aromatic heterocycles. The summed E-state index contributed by atoms with van der Waals surface area (Å²) in [7, 11) is 0. The van der Waals surface area contributed by atoms with Crippen LogP contribution in [0.1, 0.15) is 11.7 Å². The second-order valence-corrected chi connectivity index (χ2v) is 3.09. The molecule has 4 N–H and O–H groups in total. The smallest absolute Gasteiger partial charge is 0.405 e. The summed E-state index contributed by atoms with van der Waals surface area (Å²) in [5.41, 5.74) is 11.0. The number of carbonyl (C=O) groups is 1. The molecule has 0 unspecified atom stereocenters. The van der Waals surface area contributed by atoms with Crippen molar-refractivity contribution in [3.05, 3.63) is 34.9 Å². The topological polar surface area (TPSA) is 78.3 Å². The van der Waals surface area contributed by atoms with E-state index in [0.29, 0.717) is 10.6 Å². The second-order valence-electron chi connectivity index (χ2n) is 2.68. The van der Waals surface area contributed by atoms with Crippen molar-refractivity contribution in [2.75, 3.05) is 6.54 Å². The van der Waals surface area contributed by atoms with Gasteiger partial charge in [0.2, 0.25) is 0 Å². The van der Waals surface area contributed by atoms with Crippen LogP contribution in [0.4, 0.5) is 4.79 Å². The lowest BCUT2D eigenvalue weighted by atomic mass is 10.1. The fourth-order valence-corrected chi connectivity index (χ4v) is 1.37. The zero-order valence-corrected chi connectivity index (χ0v) is 8.20. The Kier molecular flexibility index (Phi) is 3.73. The molecule has 0 radical (unpaired) electrons. The van der Waals surface area contributed by atoms with Crippen LogP contribution >= 0.6 is 11.6 Å². The van der Waals surface area contributed by atoms with Crippen LogP contribution < -0.4 is 11.5 Å². The van der Waals surface area contributed by atoms with Crippen LogP contribution in [0, 0.1) is 0 Å². The molecule has 0 aliphatic rings. The summed E-state index contributed by atoms with van der Waals surface area (Å²) in [4.78, 5) is 10.6. The molecule has 76 valence electrons. The molecule has 1 amide bonds. The molecular weight excluding hydrogens is 204 g/mol. The van der Waals surface area contributed by atoms with Crippen molar-refractivity contribution >= 4 is 17.7 Å². The highest BCUT2D eigenvalue weighted by atomic mass is 35.5. The van der Waals surface area contributed by atoms with Crippen LogP contribution in [0.3, 0.4) is 0 Å². The Morgan fingerprint density at radius 1 is 1.50 bits per heavy atom. The standard InChI is InChI=1S/C9H11ClN2O2/c10-7-4-2-1-3-6(7)8(5-11)14-9(12)13/h1-4,8H,5,11H2,(H2,12,13)/t8-/m0/s1. The van der Waals surface area contributed by atoms with Gasteiger partial charge in [-0.3, -0.25) is 0 Å². The first kappa shape index (κ1) is 10.8. The number of ether oxygens (including phenoxy) is 1. The lowest BCUT2D eigenvalue weighted by molar-refractivity contribution is 0.111. The van der Waals surface area contributed by atoms with Crippen LogP contribution in [-0.4, -0.2) is 12.6 Å². The summed E-state index contributed by atoms with van der Waals surface area (Å²) in [6.07, 6.45) is -1.44. The van der Waals surface area contributed by atoms with Crippen LogP contribution in [0.2, 0.25) is 5.02 Å². The summed E-state index contributed by atoms with van der Waals surface area (Å²) in [5, 5.41) is 0.504. The molecule has 1 atom stereocenters. The predicted octanol–water partition coefficient (Wildman–Crippen LogP) is 1.44. The second kappa shape index (κ2) is 4.83. The van der Waals surface area contributed by atoms with E-state index in [2.05, 4.69) is 0 Å². The van der Waals surface area contributed by atoms with E-state index in [9.17, 15) is 4.79 Å². The molecule has 0 heterocycles. The number of benzene rings is 1. The Labute approximate surface area is 86.8 Å². The van der Waals surface area contributed by atoms with E-state index >= 15 is 0 Å². The zero-order chi connectivity index (χ0) is 10.6. The number of primary amides is 1. The average molecular weight is 215 g/mol. The van der Waals surface area contributed by atoms with E-state index in [1.54, 1.807) is 24.3 Å². The third-order valence-electron chi connectivity index (χ3n) is 1.72. The highest BCUT2D eigenvalue weighted by Crippen LogP contribution is 2.24. The monoisotopic (exact) mass is 214 g/mol. The van der Waals surface area contributed by atoms with Gasteiger partial charge in [-0.25, -0.2) is 4.79 Å². The lowest BCUT2D eigenvalue weighted by Crippen LogP contribution is -2.23. The maximum absolute atomic E-state index is 10.6. The highest BCUT2D eigenvalue weighted by molar-refractivity contribution is 6.31. The number of hydrogen-bond acceptors (Lipinski definition) is 3. The molecule has 0 spiro atoms. The van der Waals surface area contributed by atoms with Crippen LogP contribution in [0.5, 0.6) is 0 Å². The fourth-order valence-electron chi connectivity index (χ4n) is 1.11. The van der Waals surface area contributed by atoms with Gasteiger partial charge in [-0.05, 0) is 6.07 Å². The van der Waals surface area contributed by atoms with Crippen molar-refractivity contribution in [3.63, 3.8) is 0 Å². The normalized spacial score (nSPS) is 12.1. The highest BCUT2D eigenvalue weighted by Gasteiger charge is 2.15. The van der Waals surface area contributed by atoms with Crippen LogP contribution in [0.25, 0.3) is 0 Å². The quantitative estimate of drug-likeness (QED) is 0.799. The van der Waals surface area contributed by atoms with Gasteiger partial charge in [0.15, 0.2) is 0 Å². The van der Waals surface area contributed by atoms with Crippen molar-refractivity contribution in [2.45, 2.75) is 6.10 Å². The van der Waals surface area contributed by atoms with Gasteiger partial charge >= 0.3 is 6.09 Å². The first-order chi connectivity index (χ1) is 6.65. The lowest BCUT2D eigenvalue weighted by Gasteiger charge is -2.15. The Morgan fingerprint density at radius 2 is 2.14 bits per heavy atom. The average Bonchev–Trinajstić information content (AvgIpc) is 2.15. The van der Waals surface area contributed by atoms with Gasteiger partial charge < -0.3 is 16.2 Å². The van der Waals surface area contributed by atoms with E-state index < -0.39 is 12.2 Å². The zero-order valence-electron chi connectivity index (χ0n) is 7.44. The minimum absolute atomic E-state index is 0.146. The third-order valence-corrected chi connectivity index (χ3v) is 2.07. The van der Waals surface area contributed by atoms with E-state index in [4.69, 9.17) is 27.8 Å². The molecule has 0 aliphatic heterocycles. The van der Waals surface area contributed by atoms with E-state index in [0.717, 1.165) is 0 Å². The molecule has 0 aliphatic carbocycles. The number of hydrogen-bond donors (Lipinski definition) is 2. The summed E-state index contributed by atoms with van der Waals surface area (Å²) in [6, 6.07) is 7.00. The van der Waals surface area contributed by atoms with Crippen LogP contribution in [-0.2, 0) is 4.74 Å². The fraction of sp³-hybridized carbons (Fsp3) is 0.222. The van der Waals surface area contributed by atoms with Gasteiger partial charge in [-0.15, -0.1) is 0 Å². The number of rotatable bonds is 3.